The second-order valence-corrected chi connectivity index (χ2v) is 8.08. The first-order chi connectivity index (χ1) is 5.08. The van der Waals surface area contributed by atoms with Crippen LogP contribution in [0.15, 0.2) is 16.8 Å². The highest BCUT2D eigenvalue weighted by Gasteiger charge is 2.17. The third-order valence-corrected chi connectivity index (χ3v) is 2.16. The summed E-state index contributed by atoms with van der Waals surface area (Å²) in [5.74, 6) is 1.11. The highest BCUT2D eigenvalue weighted by molar-refractivity contribution is 6.70. The molecule has 2 nitrogen and oxygen atoms in total. The lowest BCUT2D eigenvalue weighted by Gasteiger charge is -2.22. The molecule has 0 unspecified atom stereocenters. The van der Waals surface area contributed by atoms with Gasteiger partial charge in [0.05, 0.1) is 5.76 Å². The molecule has 0 aliphatic carbocycles. The van der Waals surface area contributed by atoms with Crippen LogP contribution in [0.1, 0.15) is 6.42 Å². The second-order valence-electron chi connectivity index (χ2n) is 3.65. The summed E-state index contributed by atoms with van der Waals surface area (Å²) in [4.78, 5) is 4.09. The Balaban J connectivity index is 2.49. The predicted molar refractivity (Wildman–Crippen MR) is 50.5 cm³/mol. The first kappa shape index (κ1) is 8.52. The van der Waals surface area contributed by atoms with Crippen LogP contribution in [-0.4, -0.2) is 21.1 Å². The Morgan fingerprint density at radius 2 is 2.18 bits per heavy atom. The molecule has 1 aliphatic heterocycles. The summed E-state index contributed by atoms with van der Waals surface area (Å²) in [6.45, 7) is 7.47. The van der Waals surface area contributed by atoms with E-state index in [4.69, 9.17) is 4.43 Å². The molecule has 11 heavy (non-hydrogen) atoms. The van der Waals surface area contributed by atoms with Gasteiger partial charge in [-0.3, -0.25) is 4.99 Å². The van der Waals surface area contributed by atoms with Crippen LogP contribution in [0.25, 0.3) is 0 Å². The maximum Gasteiger partial charge on any atom is 0.241 e. The van der Waals surface area contributed by atoms with E-state index in [-0.39, 0.29) is 0 Å². The molecule has 0 N–H and O–H groups in total. The maximum absolute atomic E-state index is 5.79. The minimum atomic E-state index is -1.37. The summed E-state index contributed by atoms with van der Waals surface area (Å²) in [5, 5.41) is 0. The second kappa shape index (κ2) is 3.22. The van der Waals surface area contributed by atoms with Crippen molar-refractivity contribution in [1.82, 2.24) is 0 Å². The van der Waals surface area contributed by atoms with E-state index in [2.05, 4.69) is 24.6 Å². The zero-order valence-corrected chi connectivity index (χ0v) is 8.42. The Morgan fingerprint density at radius 1 is 1.45 bits per heavy atom. The van der Waals surface area contributed by atoms with Crippen molar-refractivity contribution in [3.63, 3.8) is 0 Å². The van der Waals surface area contributed by atoms with Gasteiger partial charge in [0.2, 0.25) is 8.32 Å². The molecular formula is C8H15NOSi. The topological polar surface area (TPSA) is 21.6 Å². The Bertz CT molecular complexity index is 191. The van der Waals surface area contributed by atoms with E-state index < -0.39 is 8.32 Å². The van der Waals surface area contributed by atoms with Gasteiger partial charge in [-0.25, -0.2) is 0 Å². The molecule has 0 aromatic heterocycles. The molecular weight excluding hydrogens is 154 g/mol. The van der Waals surface area contributed by atoms with Crippen LogP contribution in [0.4, 0.5) is 0 Å². The van der Waals surface area contributed by atoms with Crippen molar-refractivity contribution in [1.29, 1.82) is 0 Å². The van der Waals surface area contributed by atoms with Gasteiger partial charge in [0.25, 0.3) is 0 Å². The molecule has 0 aromatic rings. The number of aliphatic imine (C=N–C) groups is 1. The summed E-state index contributed by atoms with van der Waals surface area (Å²) >= 11 is 0. The van der Waals surface area contributed by atoms with Crippen LogP contribution in [-0.2, 0) is 4.43 Å². The highest BCUT2D eigenvalue weighted by Crippen LogP contribution is 2.14. The molecule has 3 heteroatoms. The fraction of sp³-hybridized carbons (Fsp3) is 0.625. The van der Waals surface area contributed by atoms with Gasteiger partial charge < -0.3 is 4.43 Å². The van der Waals surface area contributed by atoms with Gasteiger partial charge in [0.15, 0.2) is 0 Å². The van der Waals surface area contributed by atoms with Gasteiger partial charge in [-0.2, -0.15) is 0 Å². The number of dihydropyridines is 1. The van der Waals surface area contributed by atoms with Crippen LogP contribution < -0.4 is 0 Å². The lowest BCUT2D eigenvalue weighted by Crippen LogP contribution is -2.25. The molecule has 1 rings (SSSR count). The molecule has 0 fully saturated rings. The summed E-state index contributed by atoms with van der Waals surface area (Å²) in [6, 6.07) is 0. The standard InChI is InChI=1S/C8H15NOSi/c1-11(2,3)10-8-4-6-9-7-5-8/h4,6H,5,7H2,1-3H3. The third-order valence-electron chi connectivity index (χ3n) is 1.29. The van der Waals surface area contributed by atoms with Gasteiger partial charge in [-0.05, 0) is 25.7 Å². The Hall–Kier alpha value is -0.573. The Kier molecular flexibility index (Phi) is 2.49. The van der Waals surface area contributed by atoms with Crippen molar-refractivity contribution in [2.24, 2.45) is 4.99 Å². The minimum absolute atomic E-state index is 0.885. The summed E-state index contributed by atoms with van der Waals surface area (Å²) < 4.78 is 5.79. The van der Waals surface area contributed by atoms with Crippen molar-refractivity contribution < 1.29 is 4.43 Å². The van der Waals surface area contributed by atoms with E-state index in [1.54, 1.807) is 0 Å². The van der Waals surface area contributed by atoms with Crippen molar-refractivity contribution in [3.8, 4) is 0 Å². The van der Waals surface area contributed by atoms with E-state index in [0.717, 1.165) is 18.7 Å². The maximum atomic E-state index is 5.79. The SMILES string of the molecule is C[Si](C)(C)OC1=CC=NCC1. The quantitative estimate of drug-likeness (QED) is 0.581. The van der Waals surface area contributed by atoms with Crippen LogP contribution >= 0.6 is 0 Å². The zero-order valence-electron chi connectivity index (χ0n) is 7.42. The van der Waals surface area contributed by atoms with Gasteiger partial charge in [-0.1, -0.05) is 0 Å². The van der Waals surface area contributed by atoms with Crippen LogP contribution in [0, 0.1) is 0 Å². The average Bonchev–Trinajstić information content (AvgIpc) is 1.85. The lowest BCUT2D eigenvalue weighted by molar-refractivity contribution is 0.401. The summed E-state index contributed by atoms with van der Waals surface area (Å²) in [6.07, 6.45) is 4.78. The number of hydrogen-bond donors (Lipinski definition) is 0. The summed E-state index contributed by atoms with van der Waals surface area (Å²) in [7, 11) is -1.37. The molecule has 0 aromatic carbocycles. The minimum Gasteiger partial charge on any atom is -0.547 e. The molecule has 0 spiro atoms. The largest absolute Gasteiger partial charge is 0.547 e. The first-order valence-corrected chi connectivity index (χ1v) is 7.37. The van der Waals surface area contributed by atoms with Crippen LogP contribution in [0.5, 0.6) is 0 Å². The summed E-state index contributed by atoms with van der Waals surface area (Å²) in [5.41, 5.74) is 0. The van der Waals surface area contributed by atoms with Crippen molar-refractivity contribution in [2.45, 2.75) is 26.1 Å². The van der Waals surface area contributed by atoms with Gasteiger partial charge >= 0.3 is 0 Å². The molecule has 0 radical (unpaired) electrons. The van der Waals surface area contributed by atoms with E-state index in [1.807, 2.05) is 12.3 Å². The van der Waals surface area contributed by atoms with Crippen molar-refractivity contribution >= 4 is 14.5 Å². The smallest absolute Gasteiger partial charge is 0.241 e. The zero-order chi connectivity index (χ0) is 8.32. The van der Waals surface area contributed by atoms with Crippen molar-refractivity contribution in [2.75, 3.05) is 6.54 Å². The fourth-order valence-electron chi connectivity index (χ4n) is 0.947. The van der Waals surface area contributed by atoms with Gasteiger partial charge in [-0.15, -0.1) is 0 Å². The molecule has 1 aliphatic rings. The van der Waals surface area contributed by atoms with Crippen LogP contribution in [0.3, 0.4) is 0 Å². The number of allylic oxidation sites excluding steroid dienone is 1. The average molecular weight is 169 g/mol. The fourth-order valence-corrected chi connectivity index (χ4v) is 1.90. The molecule has 1 heterocycles. The lowest BCUT2D eigenvalue weighted by atomic mass is 10.3. The van der Waals surface area contributed by atoms with Gasteiger partial charge in [0, 0.05) is 19.2 Å². The normalized spacial score (nSPS) is 17.9. The van der Waals surface area contributed by atoms with E-state index in [0.29, 0.717) is 0 Å². The Labute approximate surface area is 69.1 Å². The molecule has 0 atom stereocenters. The molecule has 0 saturated carbocycles. The predicted octanol–water partition coefficient (Wildman–Crippen LogP) is 2.20. The third kappa shape index (κ3) is 3.37. The van der Waals surface area contributed by atoms with Crippen LogP contribution in [0.2, 0.25) is 19.6 Å². The first-order valence-electron chi connectivity index (χ1n) is 3.96. The van der Waals surface area contributed by atoms with E-state index in [9.17, 15) is 0 Å². The number of rotatable bonds is 2. The molecule has 0 saturated heterocycles. The number of nitrogens with zero attached hydrogens (tertiary/aromatic N) is 1. The molecule has 0 bridgehead atoms. The molecule has 0 amide bonds. The van der Waals surface area contributed by atoms with E-state index >= 15 is 0 Å². The monoisotopic (exact) mass is 169 g/mol. The number of hydrogen-bond acceptors (Lipinski definition) is 2. The highest BCUT2D eigenvalue weighted by atomic mass is 28.4. The Morgan fingerprint density at radius 3 is 2.64 bits per heavy atom. The van der Waals surface area contributed by atoms with Crippen molar-refractivity contribution in [3.05, 3.63) is 11.8 Å². The van der Waals surface area contributed by atoms with Gasteiger partial charge in [0.1, 0.15) is 0 Å². The molecule has 62 valence electrons. The van der Waals surface area contributed by atoms with E-state index in [1.165, 1.54) is 0 Å².